The molecule has 0 amide bonds. The second kappa shape index (κ2) is 14.2. The molecule has 4 heteroatoms. The van der Waals surface area contributed by atoms with Crippen LogP contribution in [-0.4, -0.2) is 15.0 Å². The van der Waals surface area contributed by atoms with Gasteiger partial charge in [-0.3, -0.25) is 0 Å². The Kier molecular flexibility index (Phi) is 8.57. The van der Waals surface area contributed by atoms with Crippen molar-refractivity contribution in [3.63, 3.8) is 0 Å². The molecular weight excluding hydrogens is 681 g/mol. The molecule has 56 heavy (non-hydrogen) atoms. The van der Waals surface area contributed by atoms with Gasteiger partial charge in [0.1, 0.15) is 0 Å². The molecule has 1 unspecified atom stereocenters. The Morgan fingerprint density at radius 3 is 1.55 bits per heavy atom. The first-order chi connectivity index (χ1) is 27.6. The maximum absolute atomic E-state index is 9.86. The molecule has 4 nitrogen and oxygen atoms in total. The number of benzene rings is 6. The summed E-state index contributed by atoms with van der Waals surface area (Å²) in [6, 6.07) is 56.0. The molecule has 10 rings (SSSR count). The van der Waals surface area contributed by atoms with E-state index < -0.39 is 0 Å². The van der Waals surface area contributed by atoms with E-state index in [-0.39, 0.29) is 11.3 Å². The lowest BCUT2D eigenvalue weighted by Crippen LogP contribution is -2.30. The third-order valence-corrected chi connectivity index (χ3v) is 12.1. The van der Waals surface area contributed by atoms with E-state index in [1.165, 1.54) is 58.2 Å². The molecule has 0 radical (unpaired) electrons. The summed E-state index contributed by atoms with van der Waals surface area (Å²) in [5.41, 5.74) is 15.4. The van der Waals surface area contributed by atoms with Gasteiger partial charge in [-0.25, -0.2) is 15.0 Å². The van der Waals surface area contributed by atoms with Gasteiger partial charge in [-0.1, -0.05) is 177 Å². The topological polar surface area (TPSA) is 62.5 Å². The lowest BCUT2D eigenvalue weighted by Gasteiger charge is -2.39. The normalized spacial score (nSPS) is 16.7. The molecule has 1 fully saturated rings. The van der Waals surface area contributed by atoms with Crippen LogP contribution in [0.5, 0.6) is 0 Å². The summed E-state index contributed by atoms with van der Waals surface area (Å²) in [6.45, 7) is 0. The molecule has 0 N–H and O–H groups in total. The maximum Gasteiger partial charge on any atom is 0.164 e. The molecular formula is C52H40N4. The minimum absolute atomic E-state index is 0.0283. The Morgan fingerprint density at radius 2 is 0.964 bits per heavy atom. The van der Waals surface area contributed by atoms with Gasteiger partial charge in [-0.05, 0) is 81.5 Å². The molecule has 1 saturated carbocycles. The Labute approximate surface area is 328 Å². The molecule has 1 atom stereocenters. The Hall–Kier alpha value is -6.70. The third-order valence-electron chi connectivity index (χ3n) is 12.1. The zero-order valence-corrected chi connectivity index (χ0v) is 31.2. The van der Waals surface area contributed by atoms with Gasteiger partial charge in [0.2, 0.25) is 0 Å². The van der Waals surface area contributed by atoms with Crippen molar-refractivity contribution in [2.24, 2.45) is 5.92 Å². The van der Waals surface area contributed by atoms with Crippen LogP contribution in [0.2, 0.25) is 0 Å². The van der Waals surface area contributed by atoms with Gasteiger partial charge in [0, 0.05) is 22.1 Å². The van der Waals surface area contributed by atoms with Gasteiger partial charge in [0.05, 0.1) is 12.0 Å². The number of hydrogen-bond donors (Lipinski definition) is 0. The second-order valence-electron chi connectivity index (χ2n) is 15.4. The summed E-state index contributed by atoms with van der Waals surface area (Å²) in [6.07, 6.45) is 11.2. The molecule has 1 heterocycles. The van der Waals surface area contributed by atoms with Crippen LogP contribution < -0.4 is 0 Å². The molecule has 3 aliphatic rings. The standard InChI is InChI=1S/C52H40N4/c53-34-35-17-27-45-46-28-26-43(33-48(46)52(47(45)31-35)29-8-3-9-30-52)42-15-10-16-44(32-42)51-55-49(40-22-18-38(19-23-40)36-11-4-1-5-12-36)54-50(56-51)41-24-20-39(21-25-41)37-13-6-2-7-14-37/h1-2,4-7,10-28,32-33,35H,3,8-9,29-31H2. The van der Waals surface area contributed by atoms with Crippen molar-refractivity contribution in [2.75, 3.05) is 0 Å². The lowest BCUT2D eigenvalue weighted by atomic mass is 9.65. The summed E-state index contributed by atoms with van der Waals surface area (Å²) in [4.78, 5) is 15.3. The van der Waals surface area contributed by atoms with Crippen LogP contribution in [0.1, 0.15) is 49.7 Å². The van der Waals surface area contributed by atoms with Gasteiger partial charge in [0.25, 0.3) is 0 Å². The van der Waals surface area contributed by atoms with Crippen molar-refractivity contribution in [3.05, 3.63) is 181 Å². The Bertz CT molecular complexity index is 2580. The molecule has 1 aromatic heterocycles. The first kappa shape index (κ1) is 33.8. The second-order valence-corrected chi connectivity index (χ2v) is 15.4. The minimum Gasteiger partial charge on any atom is -0.208 e. The number of fused-ring (bicyclic) bond motifs is 4. The number of rotatable bonds is 6. The van der Waals surface area contributed by atoms with Crippen molar-refractivity contribution >= 4 is 5.57 Å². The van der Waals surface area contributed by atoms with E-state index in [0.717, 1.165) is 52.6 Å². The van der Waals surface area contributed by atoms with Crippen LogP contribution in [0.4, 0.5) is 0 Å². The van der Waals surface area contributed by atoms with Crippen molar-refractivity contribution in [2.45, 2.75) is 43.9 Å². The predicted octanol–water partition coefficient (Wildman–Crippen LogP) is 12.9. The smallest absolute Gasteiger partial charge is 0.164 e. The minimum atomic E-state index is -0.0447. The van der Waals surface area contributed by atoms with Crippen LogP contribution in [0.3, 0.4) is 0 Å². The summed E-state index contributed by atoms with van der Waals surface area (Å²) in [5.74, 6) is 1.87. The highest BCUT2D eigenvalue weighted by atomic mass is 15.0. The van der Waals surface area contributed by atoms with Gasteiger partial charge in [0.15, 0.2) is 17.5 Å². The van der Waals surface area contributed by atoms with Crippen LogP contribution in [0.15, 0.2) is 169 Å². The molecule has 0 saturated heterocycles. The Morgan fingerprint density at radius 1 is 0.482 bits per heavy atom. The van der Waals surface area contributed by atoms with Gasteiger partial charge in [-0.2, -0.15) is 5.26 Å². The highest BCUT2D eigenvalue weighted by molar-refractivity contribution is 5.89. The quantitative estimate of drug-likeness (QED) is 0.172. The summed E-state index contributed by atoms with van der Waals surface area (Å²) in [7, 11) is 0. The zero-order valence-electron chi connectivity index (χ0n) is 31.2. The van der Waals surface area contributed by atoms with Crippen molar-refractivity contribution in [3.8, 4) is 73.6 Å². The van der Waals surface area contributed by atoms with Crippen LogP contribution in [-0.2, 0) is 5.41 Å². The third kappa shape index (κ3) is 6.06. The van der Waals surface area contributed by atoms with Crippen LogP contribution in [0.25, 0.3) is 73.1 Å². The number of nitriles is 1. The van der Waals surface area contributed by atoms with Crippen molar-refractivity contribution in [1.29, 1.82) is 5.26 Å². The average Bonchev–Trinajstić information content (AvgIpc) is 3.54. The van der Waals surface area contributed by atoms with E-state index in [0.29, 0.717) is 17.5 Å². The van der Waals surface area contributed by atoms with E-state index in [1.807, 2.05) is 12.1 Å². The highest BCUT2D eigenvalue weighted by Gasteiger charge is 2.46. The summed E-state index contributed by atoms with van der Waals surface area (Å²) < 4.78 is 0. The number of allylic oxidation sites excluding steroid dienone is 4. The first-order valence-corrected chi connectivity index (χ1v) is 19.8. The molecule has 7 aromatic rings. The largest absolute Gasteiger partial charge is 0.208 e. The predicted molar refractivity (Wildman–Crippen MR) is 227 cm³/mol. The number of nitrogens with zero attached hydrogens (tertiary/aromatic N) is 4. The van der Waals surface area contributed by atoms with Crippen LogP contribution >= 0.6 is 0 Å². The fourth-order valence-electron chi connectivity index (χ4n) is 9.23. The van der Waals surface area contributed by atoms with E-state index >= 15 is 0 Å². The molecule has 0 aliphatic heterocycles. The molecule has 1 spiro atoms. The molecule has 0 bridgehead atoms. The molecule has 3 aliphatic carbocycles. The van der Waals surface area contributed by atoms with Crippen molar-refractivity contribution < 1.29 is 0 Å². The van der Waals surface area contributed by atoms with Gasteiger partial charge in [-0.15, -0.1) is 0 Å². The van der Waals surface area contributed by atoms with E-state index in [4.69, 9.17) is 15.0 Å². The van der Waals surface area contributed by atoms with Gasteiger partial charge >= 0.3 is 0 Å². The van der Waals surface area contributed by atoms with Crippen LogP contribution in [0, 0.1) is 17.2 Å². The highest BCUT2D eigenvalue weighted by Crippen LogP contribution is 2.58. The summed E-state index contributed by atoms with van der Waals surface area (Å²) >= 11 is 0. The fraction of sp³-hybridized carbons (Fsp3) is 0.154. The van der Waals surface area contributed by atoms with E-state index in [9.17, 15) is 5.26 Å². The SMILES string of the molecule is N#CC1C=CC2=C(C1)C1(CCCCC1)c1cc(-c3cccc(-c4nc(-c5ccc(-c6ccccc6)cc5)nc(-c5ccc(-c6ccccc6)cc5)n4)c3)ccc12. The molecule has 268 valence electrons. The first-order valence-electron chi connectivity index (χ1n) is 19.8. The fourth-order valence-corrected chi connectivity index (χ4v) is 9.23. The Balaban J connectivity index is 1.05. The van der Waals surface area contributed by atoms with Crippen molar-refractivity contribution in [1.82, 2.24) is 15.0 Å². The maximum atomic E-state index is 9.86. The van der Waals surface area contributed by atoms with Gasteiger partial charge < -0.3 is 0 Å². The van der Waals surface area contributed by atoms with E-state index in [2.05, 4.69) is 158 Å². The van der Waals surface area contributed by atoms with E-state index in [1.54, 1.807) is 0 Å². The lowest BCUT2D eigenvalue weighted by molar-refractivity contribution is 0.335. The monoisotopic (exact) mass is 720 g/mol. The number of hydrogen-bond acceptors (Lipinski definition) is 4. The number of aromatic nitrogens is 3. The molecule has 6 aromatic carbocycles. The summed E-state index contributed by atoms with van der Waals surface area (Å²) in [5, 5.41) is 9.86. The zero-order chi connectivity index (χ0) is 37.5. The average molecular weight is 721 g/mol.